The molecule has 0 spiro atoms. The lowest BCUT2D eigenvalue weighted by Gasteiger charge is -2.35. The number of hydrogen-bond donors (Lipinski definition) is 0. The zero-order chi connectivity index (χ0) is 16.0. The van der Waals surface area contributed by atoms with Gasteiger partial charge in [0.15, 0.2) is 9.84 Å². The predicted octanol–water partition coefficient (Wildman–Crippen LogP) is 0.802. The molecule has 1 amide bonds. The number of nitrogens with zero attached hydrogens (tertiary/aromatic N) is 1. The number of rotatable bonds is 7. The normalized spacial score (nSPS) is 21.8. The van der Waals surface area contributed by atoms with Crippen LogP contribution in [0.1, 0.15) is 19.8 Å². The van der Waals surface area contributed by atoms with Gasteiger partial charge in [-0.2, -0.15) is 0 Å². The number of carbonyl (C=O) groups is 2. The molecule has 122 valence electrons. The van der Waals surface area contributed by atoms with Crippen LogP contribution in [0.3, 0.4) is 0 Å². The number of halogens is 2. The smallest absolute Gasteiger partial charge is 0.320 e. The average Bonchev–Trinajstić information content (AvgIpc) is 2.81. The van der Waals surface area contributed by atoms with Gasteiger partial charge in [0.25, 0.3) is 0 Å². The Kier molecular flexibility index (Phi) is 7.23. The Morgan fingerprint density at radius 2 is 2.00 bits per heavy atom. The Bertz CT molecular complexity index is 482. The fraction of sp³-hybridized carbons (Fsp3) is 0.833. The minimum Gasteiger partial charge on any atom is -0.463 e. The third kappa shape index (κ3) is 5.30. The quantitative estimate of drug-likeness (QED) is 0.496. The van der Waals surface area contributed by atoms with Crippen LogP contribution in [0.5, 0.6) is 0 Å². The van der Waals surface area contributed by atoms with Crippen LogP contribution in [0.2, 0.25) is 0 Å². The van der Waals surface area contributed by atoms with Crippen LogP contribution in [-0.4, -0.2) is 67.2 Å². The van der Waals surface area contributed by atoms with E-state index in [4.69, 9.17) is 27.9 Å². The molecule has 0 bridgehead atoms. The van der Waals surface area contributed by atoms with Gasteiger partial charge in [-0.1, -0.05) is 6.92 Å². The SMILES string of the molecule is CC[C@H](COC(=O)CCl)N(C(=O)CCl)[C@H]1CCS(=O)(=O)C1. The van der Waals surface area contributed by atoms with Crippen molar-refractivity contribution < 1.29 is 22.7 Å². The van der Waals surface area contributed by atoms with Gasteiger partial charge in [-0.25, -0.2) is 8.42 Å². The highest BCUT2D eigenvalue weighted by molar-refractivity contribution is 7.91. The van der Waals surface area contributed by atoms with Gasteiger partial charge < -0.3 is 9.64 Å². The standard InChI is InChI=1S/C12H19Cl2NO5S/c1-2-9(7-20-12(17)6-14)15(11(16)5-13)10-3-4-21(18,19)8-10/h9-10H,2-8H2,1H3/t9-,10+/m1/s1. The number of carbonyl (C=O) groups excluding carboxylic acids is 2. The van der Waals surface area contributed by atoms with Crippen molar-refractivity contribution >= 4 is 44.9 Å². The van der Waals surface area contributed by atoms with Gasteiger partial charge in [-0.3, -0.25) is 9.59 Å². The van der Waals surface area contributed by atoms with Crippen LogP contribution < -0.4 is 0 Å². The van der Waals surface area contributed by atoms with Crippen LogP contribution in [0.25, 0.3) is 0 Å². The topological polar surface area (TPSA) is 80.8 Å². The molecule has 0 saturated carbocycles. The molecule has 0 unspecified atom stereocenters. The summed E-state index contributed by atoms with van der Waals surface area (Å²) >= 11 is 11.0. The van der Waals surface area contributed by atoms with Crippen molar-refractivity contribution in [3.05, 3.63) is 0 Å². The van der Waals surface area contributed by atoms with E-state index in [9.17, 15) is 18.0 Å². The van der Waals surface area contributed by atoms with Crippen LogP contribution in [0, 0.1) is 0 Å². The van der Waals surface area contributed by atoms with Crippen LogP contribution in [0.4, 0.5) is 0 Å². The highest BCUT2D eigenvalue weighted by Crippen LogP contribution is 2.22. The molecule has 9 heteroatoms. The van der Waals surface area contributed by atoms with Crippen molar-refractivity contribution in [3.8, 4) is 0 Å². The van der Waals surface area contributed by atoms with Gasteiger partial charge in [-0.15, -0.1) is 23.2 Å². The Hall–Kier alpha value is -0.530. The van der Waals surface area contributed by atoms with E-state index in [0.29, 0.717) is 12.8 Å². The second-order valence-corrected chi connectivity index (χ2v) is 7.63. The highest BCUT2D eigenvalue weighted by atomic mass is 35.5. The number of sulfone groups is 1. The van der Waals surface area contributed by atoms with E-state index < -0.39 is 27.9 Å². The summed E-state index contributed by atoms with van der Waals surface area (Å²) in [6.45, 7) is 1.82. The molecule has 0 aliphatic carbocycles. The Labute approximate surface area is 134 Å². The second kappa shape index (κ2) is 8.19. The van der Waals surface area contributed by atoms with E-state index in [0.717, 1.165) is 0 Å². The van der Waals surface area contributed by atoms with Gasteiger partial charge in [0.2, 0.25) is 5.91 Å². The Balaban J connectivity index is 2.84. The summed E-state index contributed by atoms with van der Waals surface area (Å²) in [4.78, 5) is 24.7. The minimum atomic E-state index is -3.13. The maximum atomic E-state index is 12.1. The summed E-state index contributed by atoms with van der Waals surface area (Å²) in [5.41, 5.74) is 0. The predicted molar refractivity (Wildman–Crippen MR) is 80.4 cm³/mol. The van der Waals surface area contributed by atoms with Crippen LogP contribution in [0.15, 0.2) is 0 Å². The molecule has 0 aromatic heterocycles. The second-order valence-electron chi connectivity index (χ2n) is 4.87. The average molecular weight is 360 g/mol. The third-order valence-electron chi connectivity index (χ3n) is 3.41. The summed E-state index contributed by atoms with van der Waals surface area (Å²) in [7, 11) is -3.13. The van der Waals surface area contributed by atoms with Crippen molar-refractivity contribution in [2.24, 2.45) is 0 Å². The zero-order valence-electron chi connectivity index (χ0n) is 11.8. The maximum Gasteiger partial charge on any atom is 0.320 e. The fourth-order valence-electron chi connectivity index (χ4n) is 2.39. The summed E-state index contributed by atoms with van der Waals surface area (Å²) in [6, 6.07) is -0.817. The molecule has 0 radical (unpaired) electrons. The molecule has 1 heterocycles. The molecule has 1 rings (SSSR count). The monoisotopic (exact) mass is 359 g/mol. The Morgan fingerprint density at radius 3 is 2.43 bits per heavy atom. The zero-order valence-corrected chi connectivity index (χ0v) is 14.1. The first-order chi connectivity index (χ1) is 9.84. The molecule has 0 aromatic rings. The molecule has 0 aromatic carbocycles. The molecule has 1 aliphatic rings. The lowest BCUT2D eigenvalue weighted by Crippen LogP contribution is -2.50. The van der Waals surface area contributed by atoms with Gasteiger partial charge in [0.1, 0.15) is 18.4 Å². The molecule has 6 nitrogen and oxygen atoms in total. The van der Waals surface area contributed by atoms with Gasteiger partial charge >= 0.3 is 5.97 Å². The summed E-state index contributed by atoms with van der Waals surface area (Å²) in [6.07, 6.45) is 0.902. The van der Waals surface area contributed by atoms with Crippen molar-refractivity contribution in [2.45, 2.75) is 31.8 Å². The molecule has 2 atom stereocenters. The third-order valence-corrected chi connectivity index (χ3v) is 5.61. The maximum absolute atomic E-state index is 12.1. The van der Waals surface area contributed by atoms with E-state index in [2.05, 4.69) is 0 Å². The van der Waals surface area contributed by atoms with E-state index in [1.807, 2.05) is 6.92 Å². The van der Waals surface area contributed by atoms with Gasteiger partial charge in [0, 0.05) is 6.04 Å². The van der Waals surface area contributed by atoms with E-state index in [1.54, 1.807) is 0 Å². The van der Waals surface area contributed by atoms with Crippen LogP contribution in [-0.2, 0) is 24.2 Å². The molecule has 1 fully saturated rings. The molecule has 21 heavy (non-hydrogen) atoms. The lowest BCUT2D eigenvalue weighted by molar-refractivity contribution is -0.146. The number of ether oxygens (including phenoxy) is 1. The van der Waals surface area contributed by atoms with Gasteiger partial charge in [0.05, 0.1) is 17.5 Å². The van der Waals surface area contributed by atoms with Crippen molar-refractivity contribution in [2.75, 3.05) is 29.9 Å². The summed E-state index contributed by atoms with van der Waals surface area (Å²) in [5.74, 6) is -1.45. The molecule has 1 saturated heterocycles. The molecular weight excluding hydrogens is 341 g/mol. The molecule has 1 aliphatic heterocycles. The van der Waals surface area contributed by atoms with E-state index in [-0.39, 0.29) is 35.8 Å². The lowest BCUT2D eigenvalue weighted by atomic mass is 10.1. The first-order valence-corrected chi connectivity index (χ1v) is 9.52. The summed E-state index contributed by atoms with van der Waals surface area (Å²) in [5, 5.41) is 0. The largest absolute Gasteiger partial charge is 0.463 e. The summed E-state index contributed by atoms with van der Waals surface area (Å²) < 4.78 is 28.2. The van der Waals surface area contributed by atoms with Gasteiger partial charge in [-0.05, 0) is 12.8 Å². The molecular formula is C12H19Cl2NO5S. The fourth-order valence-corrected chi connectivity index (χ4v) is 4.32. The van der Waals surface area contributed by atoms with Crippen molar-refractivity contribution in [1.29, 1.82) is 0 Å². The number of amides is 1. The first-order valence-electron chi connectivity index (χ1n) is 6.63. The molecule has 0 N–H and O–H groups in total. The van der Waals surface area contributed by atoms with E-state index >= 15 is 0 Å². The van der Waals surface area contributed by atoms with Crippen LogP contribution >= 0.6 is 23.2 Å². The number of hydrogen-bond acceptors (Lipinski definition) is 5. The number of esters is 1. The Morgan fingerprint density at radius 1 is 1.33 bits per heavy atom. The number of alkyl halides is 2. The van der Waals surface area contributed by atoms with Crippen molar-refractivity contribution in [1.82, 2.24) is 4.90 Å². The van der Waals surface area contributed by atoms with Crippen molar-refractivity contribution in [3.63, 3.8) is 0 Å². The highest BCUT2D eigenvalue weighted by Gasteiger charge is 2.37. The minimum absolute atomic E-state index is 0.0127. The first kappa shape index (κ1) is 18.5. The van der Waals surface area contributed by atoms with E-state index in [1.165, 1.54) is 4.90 Å².